The van der Waals surface area contributed by atoms with Crippen LogP contribution in [0.25, 0.3) is 16.9 Å². The zero-order valence-corrected chi connectivity index (χ0v) is 12.4. The fraction of sp³-hybridized carbons (Fsp3) is 0.235. The molecule has 1 aromatic carbocycles. The number of aromatic nitrogens is 3. The maximum absolute atomic E-state index is 8.93. The van der Waals surface area contributed by atoms with Gasteiger partial charge in [-0.15, -0.1) is 0 Å². The summed E-state index contributed by atoms with van der Waals surface area (Å²) in [5.41, 5.74) is 4.33. The standard InChI is InChI=1S/C17H15N5O/c18-9-12-1-3-13(4-2-12)16-7-14(19-10-15-5-6-23-15)8-17-20-11-21-22(16)17/h1-4,7-8,11,15,19H,5-6,10H2. The second-order valence-corrected chi connectivity index (χ2v) is 5.51. The second kappa shape index (κ2) is 5.71. The summed E-state index contributed by atoms with van der Waals surface area (Å²) in [5.74, 6) is 0. The third-order valence-corrected chi connectivity index (χ3v) is 4.02. The largest absolute Gasteiger partial charge is 0.382 e. The average molecular weight is 305 g/mol. The second-order valence-electron chi connectivity index (χ2n) is 5.51. The van der Waals surface area contributed by atoms with Crippen molar-refractivity contribution in [2.24, 2.45) is 0 Å². The molecule has 0 bridgehead atoms. The number of anilines is 1. The maximum atomic E-state index is 8.93. The molecule has 0 radical (unpaired) electrons. The Morgan fingerprint density at radius 1 is 1.30 bits per heavy atom. The molecule has 0 amide bonds. The SMILES string of the molecule is N#Cc1ccc(-c2cc(NCC3CCO3)cc3ncnn23)cc1. The van der Waals surface area contributed by atoms with E-state index in [1.165, 1.54) is 0 Å². The van der Waals surface area contributed by atoms with Gasteiger partial charge in [-0.3, -0.25) is 0 Å². The summed E-state index contributed by atoms with van der Waals surface area (Å²) in [4.78, 5) is 4.29. The molecule has 1 fully saturated rings. The van der Waals surface area contributed by atoms with Crippen molar-refractivity contribution in [2.45, 2.75) is 12.5 Å². The van der Waals surface area contributed by atoms with Gasteiger partial charge in [0.1, 0.15) is 6.33 Å². The summed E-state index contributed by atoms with van der Waals surface area (Å²) in [5, 5.41) is 16.6. The molecule has 0 spiro atoms. The molecule has 1 unspecified atom stereocenters. The molecular formula is C17H15N5O. The van der Waals surface area contributed by atoms with Crippen LogP contribution in [0.15, 0.2) is 42.7 Å². The van der Waals surface area contributed by atoms with Gasteiger partial charge in [-0.05, 0) is 24.6 Å². The number of pyridine rings is 1. The minimum absolute atomic E-state index is 0.294. The van der Waals surface area contributed by atoms with Gasteiger partial charge in [-0.25, -0.2) is 9.50 Å². The molecule has 1 aliphatic rings. The Morgan fingerprint density at radius 3 is 2.83 bits per heavy atom. The Morgan fingerprint density at radius 2 is 2.13 bits per heavy atom. The van der Waals surface area contributed by atoms with Crippen molar-refractivity contribution < 1.29 is 4.74 Å². The smallest absolute Gasteiger partial charge is 0.158 e. The van der Waals surface area contributed by atoms with Crippen molar-refractivity contribution in [3.05, 3.63) is 48.3 Å². The van der Waals surface area contributed by atoms with Crippen LogP contribution in [0.1, 0.15) is 12.0 Å². The Balaban J connectivity index is 1.70. The number of nitrogens with one attached hydrogen (secondary N) is 1. The summed E-state index contributed by atoms with van der Waals surface area (Å²) < 4.78 is 7.24. The number of rotatable bonds is 4. The minimum Gasteiger partial charge on any atom is -0.382 e. The summed E-state index contributed by atoms with van der Waals surface area (Å²) in [6, 6.07) is 13.6. The topological polar surface area (TPSA) is 75.2 Å². The maximum Gasteiger partial charge on any atom is 0.158 e. The third kappa shape index (κ3) is 2.62. The Kier molecular flexibility index (Phi) is 3.41. The van der Waals surface area contributed by atoms with Gasteiger partial charge >= 0.3 is 0 Å². The molecule has 0 saturated carbocycles. The summed E-state index contributed by atoms with van der Waals surface area (Å²) in [7, 11) is 0. The van der Waals surface area contributed by atoms with E-state index < -0.39 is 0 Å². The van der Waals surface area contributed by atoms with Crippen LogP contribution in [0, 0.1) is 11.3 Å². The van der Waals surface area contributed by atoms with E-state index in [-0.39, 0.29) is 0 Å². The van der Waals surface area contributed by atoms with Crippen LogP contribution in [0.4, 0.5) is 5.69 Å². The van der Waals surface area contributed by atoms with Gasteiger partial charge in [0.15, 0.2) is 5.65 Å². The molecule has 23 heavy (non-hydrogen) atoms. The van der Waals surface area contributed by atoms with E-state index in [9.17, 15) is 0 Å². The lowest BCUT2D eigenvalue weighted by Crippen LogP contribution is -2.33. The van der Waals surface area contributed by atoms with E-state index >= 15 is 0 Å². The van der Waals surface area contributed by atoms with Crippen LogP contribution in [0.2, 0.25) is 0 Å². The van der Waals surface area contributed by atoms with Crippen LogP contribution in [-0.4, -0.2) is 33.9 Å². The summed E-state index contributed by atoms with van der Waals surface area (Å²) in [6.07, 6.45) is 2.94. The van der Waals surface area contributed by atoms with Gasteiger partial charge in [0.05, 0.1) is 23.4 Å². The highest BCUT2D eigenvalue weighted by Gasteiger charge is 2.17. The van der Waals surface area contributed by atoms with E-state index in [0.29, 0.717) is 11.7 Å². The average Bonchev–Trinajstić information content (AvgIpc) is 3.01. The molecule has 1 atom stereocenters. The molecule has 0 aliphatic carbocycles. The highest BCUT2D eigenvalue weighted by Crippen LogP contribution is 2.25. The van der Waals surface area contributed by atoms with E-state index in [4.69, 9.17) is 10.00 Å². The van der Waals surface area contributed by atoms with Crippen molar-refractivity contribution in [1.82, 2.24) is 14.6 Å². The van der Waals surface area contributed by atoms with Gasteiger partial charge in [0, 0.05) is 30.5 Å². The van der Waals surface area contributed by atoms with Crippen LogP contribution in [0.5, 0.6) is 0 Å². The molecular weight excluding hydrogens is 290 g/mol. The fourth-order valence-corrected chi connectivity index (χ4v) is 2.62. The Bertz CT molecular complexity index is 874. The summed E-state index contributed by atoms with van der Waals surface area (Å²) >= 11 is 0. The lowest BCUT2D eigenvalue weighted by Gasteiger charge is -2.27. The summed E-state index contributed by atoms with van der Waals surface area (Å²) in [6.45, 7) is 1.64. The van der Waals surface area contributed by atoms with Crippen molar-refractivity contribution >= 4 is 11.3 Å². The molecule has 114 valence electrons. The minimum atomic E-state index is 0.294. The van der Waals surface area contributed by atoms with Crippen molar-refractivity contribution in [2.75, 3.05) is 18.5 Å². The van der Waals surface area contributed by atoms with E-state index in [0.717, 1.165) is 42.2 Å². The zero-order valence-electron chi connectivity index (χ0n) is 12.4. The number of fused-ring (bicyclic) bond motifs is 1. The van der Waals surface area contributed by atoms with Crippen LogP contribution < -0.4 is 5.32 Å². The van der Waals surface area contributed by atoms with Crippen molar-refractivity contribution in [1.29, 1.82) is 5.26 Å². The van der Waals surface area contributed by atoms with Crippen LogP contribution >= 0.6 is 0 Å². The third-order valence-electron chi connectivity index (χ3n) is 4.02. The highest BCUT2D eigenvalue weighted by atomic mass is 16.5. The number of hydrogen-bond acceptors (Lipinski definition) is 5. The monoisotopic (exact) mass is 305 g/mol. The highest BCUT2D eigenvalue weighted by molar-refractivity contribution is 5.70. The number of hydrogen-bond donors (Lipinski definition) is 1. The van der Waals surface area contributed by atoms with Crippen LogP contribution in [-0.2, 0) is 4.74 Å². The number of benzene rings is 1. The van der Waals surface area contributed by atoms with E-state index in [1.54, 1.807) is 23.0 Å². The molecule has 2 aromatic heterocycles. The molecule has 6 nitrogen and oxygen atoms in total. The lowest BCUT2D eigenvalue weighted by molar-refractivity contribution is -0.0410. The normalized spacial score (nSPS) is 16.7. The first-order chi connectivity index (χ1) is 11.3. The molecule has 1 N–H and O–H groups in total. The first-order valence-electron chi connectivity index (χ1n) is 7.53. The van der Waals surface area contributed by atoms with Gasteiger partial charge in [-0.2, -0.15) is 10.4 Å². The molecule has 1 saturated heterocycles. The quantitative estimate of drug-likeness (QED) is 0.801. The van der Waals surface area contributed by atoms with Gasteiger partial charge in [0.2, 0.25) is 0 Å². The number of ether oxygens (including phenoxy) is 1. The molecule has 4 rings (SSSR count). The van der Waals surface area contributed by atoms with Gasteiger partial charge in [0.25, 0.3) is 0 Å². The van der Waals surface area contributed by atoms with Gasteiger partial charge < -0.3 is 10.1 Å². The molecule has 6 heteroatoms. The number of nitrogens with zero attached hydrogens (tertiary/aromatic N) is 4. The van der Waals surface area contributed by atoms with Crippen LogP contribution in [0.3, 0.4) is 0 Å². The Labute approximate surface area is 133 Å². The van der Waals surface area contributed by atoms with Crippen molar-refractivity contribution in [3.8, 4) is 17.3 Å². The van der Waals surface area contributed by atoms with Gasteiger partial charge in [-0.1, -0.05) is 12.1 Å². The predicted octanol–water partition coefficient (Wildman–Crippen LogP) is 2.47. The number of nitriles is 1. The fourth-order valence-electron chi connectivity index (χ4n) is 2.62. The van der Waals surface area contributed by atoms with E-state index in [2.05, 4.69) is 21.5 Å². The lowest BCUT2D eigenvalue weighted by atomic mass is 10.1. The van der Waals surface area contributed by atoms with Crippen molar-refractivity contribution in [3.63, 3.8) is 0 Å². The molecule has 3 aromatic rings. The predicted molar refractivity (Wildman–Crippen MR) is 86.0 cm³/mol. The molecule has 3 heterocycles. The first-order valence-corrected chi connectivity index (χ1v) is 7.53. The van der Waals surface area contributed by atoms with E-state index in [1.807, 2.05) is 24.3 Å². The first kappa shape index (κ1) is 13.7. The Hall–Kier alpha value is -2.91. The zero-order chi connectivity index (χ0) is 15.6. The molecule has 1 aliphatic heterocycles.